The minimum atomic E-state index is -0.832. The molecule has 0 aliphatic carbocycles. The van der Waals surface area contributed by atoms with Crippen molar-refractivity contribution >= 4 is 23.2 Å². The molecule has 1 aliphatic heterocycles. The van der Waals surface area contributed by atoms with Gasteiger partial charge in [-0.15, -0.1) is 0 Å². The maximum absolute atomic E-state index is 13.9. The summed E-state index contributed by atoms with van der Waals surface area (Å²) >= 11 is 0. The molecule has 0 radical (unpaired) electrons. The highest BCUT2D eigenvalue weighted by atomic mass is 16.5. The summed E-state index contributed by atoms with van der Waals surface area (Å²) in [7, 11) is 4.66. The monoisotopic (exact) mass is 432 g/mol. The fourth-order valence-electron chi connectivity index (χ4n) is 3.87. The van der Waals surface area contributed by atoms with E-state index in [1.54, 1.807) is 61.6 Å². The van der Waals surface area contributed by atoms with E-state index in [1.165, 1.54) is 12.0 Å². The summed E-state index contributed by atoms with van der Waals surface area (Å²) < 4.78 is 16.0. The Morgan fingerprint density at radius 1 is 0.781 bits per heavy atom. The smallest absolute Gasteiger partial charge is 0.255 e. The Hall–Kier alpha value is -4.00. The number of rotatable bonds is 6. The van der Waals surface area contributed by atoms with Crippen LogP contribution in [0.1, 0.15) is 11.6 Å². The minimum Gasteiger partial charge on any atom is -0.497 e. The normalized spacial score (nSPS) is 16.2. The third-order valence-corrected chi connectivity index (χ3v) is 5.46. The first-order valence-electron chi connectivity index (χ1n) is 10.1. The van der Waals surface area contributed by atoms with Gasteiger partial charge in [0.05, 0.1) is 27.0 Å². The molecule has 7 heteroatoms. The van der Waals surface area contributed by atoms with Crippen molar-refractivity contribution in [3.05, 3.63) is 78.4 Å². The molecule has 32 heavy (non-hydrogen) atoms. The minimum absolute atomic E-state index is 0.127. The van der Waals surface area contributed by atoms with Crippen molar-refractivity contribution in [2.75, 3.05) is 37.7 Å². The molecule has 1 fully saturated rings. The molecule has 1 unspecified atom stereocenters. The van der Waals surface area contributed by atoms with E-state index in [4.69, 9.17) is 14.2 Å². The molecular weight excluding hydrogens is 408 g/mol. The van der Waals surface area contributed by atoms with Gasteiger partial charge >= 0.3 is 0 Å². The van der Waals surface area contributed by atoms with Crippen LogP contribution in [-0.4, -0.2) is 39.7 Å². The van der Waals surface area contributed by atoms with Crippen LogP contribution in [0.5, 0.6) is 17.2 Å². The summed E-state index contributed by atoms with van der Waals surface area (Å²) in [6, 6.07) is 20.7. The van der Waals surface area contributed by atoms with Crippen LogP contribution in [-0.2, 0) is 9.59 Å². The average Bonchev–Trinajstić information content (AvgIpc) is 2.85. The summed E-state index contributed by atoms with van der Waals surface area (Å²) in [4.78, 5) is 30.3. The van der Waals surface area contributed by atoms with Gasteiger partial charge in [-0.05, 0) is 42.0 Å². The van der Waals surface area contributed by atoms with Crippen LogP contribution in [0.3, 0.4) is 0 Å². The lowest BCUT2D eigenvalue weighted by molar-refractivity contribution is -0.128. The Kier molecular flexibility index (Phi) is 5.98. The number of carbonyl (C=O) groups excluding carboxylic acids is 2. The largest absolute Gasteiger partial charge is 0.497 e. The van der Waals surface area contributed by atoms with E-state index in [1.807, 2.05) is 30.3 Å². The molecule has 1 aliphatic rings. The zero-order valence-corrected chi connectivity index (χ0v) is 18.1. The van der Waals surface area contributed by atoms with Gasteiger partial charge in [-0.25, -0.2) is 0 Å². The second-order valence-electron chi connectivity index (χ2n) is 7.24. The van der Waals surface area contributed by atoms with Crippen molar-refractivity contribution < 1.29 is 23.8 Å². The van der Waals surface area contributed by atoms with E-state index in [2.05, 4.69) is 0 Å². The number of hydrogen-bond donors (Lipinski definition) is 0. The molecule has 164 valence electrons. The number of amides is 2. The number of benzene rings is 3. The molecule has 0 N–H and O–H groups in total. The highest BCUT2D eigenvalue weighted by Gasteiger charge is 2.42. The Labute approximate surface area is 186 Å². The summed E-state index contributed by atoms with van der Waals surface area (Å²) in [5.74, 6) is 1.27. The number of anilines is 2. The second kappa shape index (κ2) is 9.01. The summed E-state index contributed by atoms with van der Waals surface area (Å²) in [6.45, 7) is -0.127. The summed E-state index contributed by atoms with van der Waals surface area (Å²) in [5.41, 5.74) is 1.82. The van der Waals surface area contributed by atoms with Gasteiger partial charge < -0.3 is 14.2 Å². The third-order valence-electron chi connectivity index (χ3n) is 5.46. The predicted molar refractivity (Wildman–Crippen MR) is 122 cm³/mol. The topological polar surface area (TPSA) is 68.3 Å². The zero-order chi connectivity index (χ0) is 22.7. The highest BCUT2D eigenvalue weighted by molar-refractivity contribution is 6.15. The number of piperazine rings is 1. The number of hydrogen-bond acceptors (Lipinski definition) is 5. The van der Waals surface area contributed by atoms with Crippen LogP contribution in [0.15, 0.2) is 72.8 Å². The van der Waals surface area contributed by atoms with E-state index >= 15 is 0 Å². The Morgan fingerprint density at radius 2 is 1.44 bits per heavy atom. The average molecular weight is 432 g/mol. The molecule has 2 amide bonds. The van der Waals surface area contributed by atoms with Gasteiger partial charge in [0.15, 0.2) is 0 Å². The van der Waals surface area contributed by atoms with E-state index < -0.39 is 6.04 Å². The number of methoxy groups -OCH3 is 3. The molecular formula is C25H24N2O5. The first kappa shape index (κ1) is 21.2. The van der Waals surface area contributed by atoms with Crippen molar-refractivity contribution in [2.24, 2.45) is 0 Å². The molecule has 1 heterocycles. The number of nitrogens with zero attached hydrogens (tertiary/aromatic N) is 2. The Bertz CT molecular complexity index is 1110. The first-order chi connectivity index (χ1) is 15.6. The maximum atomic E-state index is 13.9. The van der Waals surface area contributed by atoms with Gasteiger partial charge in [0.25, 0.3) is 5.91 Å². The van der Waals surface area contributed by atoms with Crippen molar-refractivity contribution in [2.45, 2.75) is 6.04 Å². The quantitative estimate of drug-likeness (QED) is 0.592. The van der Waals surface area contributed by atoms with Crippen molar-refractivity contribution in [1.82, 2.24) is 0 Å². The highest BCUT2D eigenvalue weighted by Crippen LogP contribution is 2.39. The van der Waals surface area contributed by atoms with Crippen LogP contribution >= 0.6 is 0 Å². The third kappa shape index (κ3) is 3.85. The van der Waals surface area contributed by atoms with Crippen molar-refractivity contribution in [3.8, 4) is 17.2 Å². The first-order valence-corrected chi connectivity index (χ1v) is 10.1. The van der Waals surface area contributed by atoms with Gasteiger partial charge in [-0.3, -0.25) is 19.4 Å². The van der Waals surface area contributed by atoms with Gasteiger partial charge in [0, 0.05) is 11.8 Å². The van der Waals surface area contributed by atoms with Gasteiger partial charge in [-0.2, -0.15) is 0 Å². The molecule has 0 saturated carbocycles. The standard InChI is InChI=1S/C25H24N2O5/c1-30-19-11-9-18(10-12-19)27-23(28)16-26(21-15-20(31-2)13-14-22(21)32-3)25(29)24(27)17-7-5-4-6-8-17/h4-15,24H,16H2,1-3H3. The predicted octanol–water partition coefficient (Wildman–Crippen LogP) is 3.83. The Balaban J connectivity index is 1.81. The lowest BCUT2D eigenvalue weighted by atomic mass is 9.99. The van der Waals surface area contributed by atoms with E-state index in [-0.39, 0.29) is 18.4 Å². The second-order valence-corrected chi connectivity index (χ2v) is 7.24. The van der Waals surface area contributed by atoms with Crippen LogP contribution in [0.25, 0.3) is 0 Å². The summed E-state index contributed by atoms with van der Waals surface area (Å²) in [6.07, 6.45) is 0. The Morgan fingerprint density at radius 3 is 2.06 bits per heavy atom. The fraction of sp³-hybridized carbons (Fsp3) is 0.200. The van der Waals surface area contributed by atoms with E-state index in [0.29, 0.717) is 34.2 Å². The molecule has 7 nitrogen and oxygen atoms in total. The molecule has 4 rings (SSSR count). The van der Waals surface area contributed by atoms with Crippen LogP contribution < -0.4 is 24.0 Å². The lowest BCUT2D eigenvalue weighted by Crippen LogP contribution is -2.56. The van der Waals surface area contributed by atoms with Crippen LogP contribution in [0.2, 0.25) is 0 Å². The fourth-order valence-corrected chi connectivity index (χ4v) is 3.87. The molecule has 0 spiro atoms. The molecule has 3 aromatic carbocycles. The van der Waals surface area contributed by atoms with Crippen molar-refractivity contribution in [1.29, 1.82) is 0 Å². The molecule has 0 aromatic heterocycles. The molecule has 3 aromatic rings. The summed E-state index contributed by atoms with van der Waals surface area (Å²) in [5, 5.41) is 0. The molecule has 0 bridgehead atoms. The molecule has 1 atom stereocenters. The van der Waals surface area contributed by atoms with E-state index in [9.17, 15) is 9.59 Å². The lowest BCUT2D eigenvalue weighted by Gasteiger charge is -2.40. The van der Waals surface area contributed by atoms with Gasteiger partial charge in [0.2, 0.25) is 5.91 Å². The number of ether oxygens (including phenoxy) is 3. The van der Waals surface area contributed by atoms with Crippen LogP contribution in [0, 0.1) is 0 Å². The van der Waals surface area contributed by atoms with Gasteiger partial charge in [0.1, 0.15) is 29.8 Å². The van der Waals surface area contributed by atoms with Crippen molar-refractivity contribution in [3.63, 3.8) is 0 Å². The maximum Gasteiger partial charge on any atom is 0.255 e. The van der Waals surface area contributed by atoms with Gasteiger partial charge in [-0.1, -0.05) is 30.3 Å². The van der Waals surface area contributed by atoms with Crippen LogP contribution in [0.4, 0.5) is 11.4 Å². The molecule has 1 saturated heterocycles. The van der Waals surface area contributed by atoms with E-state index in [0.717, 1.165) is 0 Å². The SMILES string of the molecule is COc1ccc(N2C(=O)CN(c3cc(OC)ccc3OC)C(=O)C2c2ccccc2)cc1. The zero-order valence-electron chi connectivity index (χ0n) is 18.1. The number of carbonyl (C=O) groups is 2.